The van der Waals surface area contributed by atoms with E-state index in [-0.39, 0.29) is 5.56 Å². The fraction of sp³-hybridized carbons (Fsp3) is 0. The summed E-state index contributed by atoms with van der Waals surface area (Å²) in [5.74, 6) is 0. The molecular weight excluding hydrogens is 693 g/mol. The third-order valence-corrected chi connectivity index (χ3v) is 11.4. The van der Waals surface area contributed by atoms with Crippen molar-refractivity contribution in [1.29, 1.82) is 0 Å². The van der Waals surface area contributed by atoms with Gasteiger partial charge in [0.15, 0.2) is 0 Å². The maximum absolute atomic E-state index is 15.2. The molecular formula is C54H34N2O. The van der Waals surface area contributed by atoms with Crippen LogP contribution in [0.1, 0.15) is 0 Å². The van der Waals surface area contributed by atoms with E-state index in [1.807, 2.05) is 34.7 Å². The van der Waals surface area contributed by atoms with Gasteiger partial charge in [0.05, 0.1) is 11.0 Å². The molecule has 3 nitrogen and oxygen atoms in total. The lowest BCUT2D eigenvalue weighted by molar-refractivity contribution is 1.19. The van der Waals surface area contributed by atoms with E-state index in [4.69, 9.17) is 4.98 Å². The van der Waals surface area contributed by atoms with Gasteiger partial charge < -0.3 is 0 Å². The number of pyridine rings is 1. The molecule has 0 bridgehead atoms. The van der Waals surface area contributed by atoms with Gasteiger partial charge in [0, 0.05) is 21.7 Å². The second-order valence-corrected chi connectivity index (χ2v) is 14.6. The Kier molecular flexibility index (Phi) is 7.65. The largest absolute Gasteiger partial charge is 0.268 e. The fourth-order valence-corrected chi connectivity index (χ4v) is 8.85. The average molecular weight is 727 g/mol. The SMILES string of the molecule is O=c1c2cccc3c(-c4ccccc4-c4ccccc4)ccc(c32)c2nc3cc(-c4ccccc4-c4ccccc4)cc(-c4ccccc4-c4ccccc4)c3n12. The predicted molar refractivity (Wildman–Crippen MR) is 238 cm³/mol. The van der Waals surface area contributed by atoms with E-state index in [1.54, 1.807) is 0 Å². The first-order chi connectivity index (χ1) is 28.2. The third-order valence-electron chi connectivity index (χ3n) is 11.4. The zero-order chi connectivity index (χ0) is 37.9. The van der Waals surface area contributed by atoms with Gasteiger partial charge in [-0.05, 0) is 90.8 Å². The summed E-state index contributed by atoms with van der Waals surface area (Å²) in [6, 6.07) is 72.0. The first-order valence-electron chi connectivity index (χ1n) is 19.3. The Labute approximate surface area is 329 Å². The van der Waals surface area contributed by atoms with E-state index in [9.17, 15) is 0 Å². The molecule has 9 aromatic carbocycles. The topological polar surface area (TPSA) is 34.4 Å². The number of imidazole rings is 1. The lowest BCUT2D eigenvalue weighted by Crippen LogP contribution is -2.13. The summed E-state index contributed by atoms with van der Waals surface area (Å²) in [6.45, 7) is 0. The van der Waals surface area contributed by atoms with E-state index < -0.39 is 0 Å². The lowest BCUT2D eigenvalue weighted by atomic mass is 9.89. The number of hydrogen-bond acceptors (Lipinski definition) is 2. The van der Waals surface area contributed by atoms with Crippen molar-refractivity contribution in [2.24, 2.45) is 0 Å². The molecule has 266 valence electrons. The van der Waals surface area contributed by atoms with E-state index in [0.29, 0.717) is 11.0 Å². The van der Waals surface area contributed by atoms with Crippen LogP contribution in [0.25, 0.3) is 105 Å². The molecule has 57 heavy (non-hydrogen) atoms. The number of benzene rings is 9. The minimum atomic E-state index is -0.0741. The van der Waals surface area contributed by atoms with Crippen LogP contribution in [0, 0.1) is 0 Å². The summed E-state index contributed by atoms with van der Waals surface area (Å²) < 4.78 is 1.87. The first-order valence-corrected chi connectivity index (χ1v) is 19.3. The summed E-state index contributed by atoms with van der Waals surface area (Å²) in [7, 11) is 0. The quantitative estimate of drug-likeness (QED) is 0.171. The molecule has 2 aromatic heterocycles. The van der Waals surface area contributed by atoms with Gasteiger partial charge in [-0.2, -0.15) is 0 Å². The first kappa shape index (κ1) is 32.8. The standard InChI is InChI=1S/C54H34N2O/c57-54-48-30-16-29-46-45(43-27-14-12-24-40(43)36-19-6-2-7-20-36)31-32-47(51(46)48)53-55-50-34-38(42-26-11-10-23-39(42)35-17-4-1-5-18-35)33-49(52(50)56(53)54)44-28-15-13-25-41(44)37-21-8-3-9-22-37/h1-34H. The van der Waals surface area contributed by atoms with Crippen LogP contribution in [0.4, 0.5) is 0 Å². The molecule has 0 aliphatic heterocycles. The molecule has 11 aromatic rings. The Hall–Kier alpha value is -7.62. The third kappa shape index (κ3) is 5.28. The van der Waals surface area contributed by atoms with Gasteiger partial charge in [-0.3, -0.25) is 9.20 Å². The fourth-order valence-electron chi connectivity index (χ4n) is 8.85. The second-order valence-electron chi connectivity index (χ2n) is 14.6. The number of hydrogen-bond donors (Lipinski definition) is 0. The van der Waals surface area contributed by atoms with Crippen molar-refractivity contribution < 1.29 is 0 Å². The van der Waals surface area contributed by atoms with Gasteiger partial charge in [-0.1, -0.05) is 182 Å². The molecule has 0 aliphatic rings. The summed E-state index contributed by atoms with van der Waals surface area (Å²) in [6.07, 6.45) is 0. The number of nitrogens with zero attached hydrogens (tertiary/aromatic N) is 2. The van der Waals surface area contributed by atoms with Crippen LogP contribution < -0.4 is 5.56 Å². The minimum absolute atomic E-state index is 0.0741. The summed E-state index contributed by atoms with van der Waals surface area (Å²) in [4.78, 5) is 20.6. The lowest BCUT2D eigenvalue weighted by Gasteiger charge is -2.16. The average Bonchev–Trinajstić information content (AvgIpc) is 3.69. The van der Waals surface area contributed by atoms with Gasteiger partial charge in [-0.25, -0.2) is 4.98 Å². The van der Waals surface area contributed by atoms with Crippen molar-refractivity contribution in [3.05, 3.63) is 217 Å². The van der Waals surface area contributed by atoms with Crippen LogP contribution in [0.2, 0.25) is 0 Å². The van der Waals surface area contributed by atoms with Crippen molar-refractivity contribution in [2.45, 2.75) is 0 Å². The second kappa shape index (κ2) is 13.3. The molecule has 0 amide bonds. The van der Waals surface area contributed by atoms with Crippen molar-refractivity contribution in [3.63, 3.8) is 0 Å². The Morgan fingerprint density at radius 3 is 1.35 bits per heavy atom. The molecule has 0 aliphatic carbocycles. The molecule has 0 saturated heterocycles. The van der Waals surface area contributed by atoms with Crippen LogP contribution in [0.15, 0.2) is 211 Å². The van der Waals surface area contributed by atoms with E-state index in [0.717, 1.165) is 94.0 Å². The summed E-state index contributed by atoms with van der Waals surface area (Å²) in [5, 5.41) is 3.60. The van der Waals surface area contributed by atoms with Crippen LogP contribution >= 0.6 is 0 Å². The van der Waals surface area contributed by atoms with E-state index in [1.165, 1.54) is 0 Å². The predicted octanol–water partition coefficient (Wildman–Crippen LogP) is 13.6. The Morgan fingerprint density at radius 1 is 0.333 bits per heavy atom. The van der Waals surface area contributed by atoms with Crippen molar-refractivity contribution in [1.82, 2.24) is 9.38 Å². The molecule has 0 fully saturated rings. The molecule has 0 radical (unpaired) electrons. The highest BCUT2D eigenvalue weighted by molar-refractivity contribution is 6.20. The van der Waals surface area contributed by atoms with Crippen molar-refractivity contribution in [3.8, 4) is 66.8 Å². The molecule has 2 heterocycles. The van der Waals surface area contributed by atoms with E-state index >= 15 is 4.79 Å². The Morgan fingerprint density at radius 2 is 0.789 bits per heavy atom. The molecule has 3 heteroatoms. The highest BCUT2D eigenvalue weighted by Gasteiger charge is 2.23. The minimum Gasteiger partial charge on any atom is -0.268 e. The van der Waals surface area contributed by atoms with Gasteiger partial charge >= 0.3 is 0 Å². The number of aromatic nitrogens is 2. The highest BCUT2D eigenvalue weighted by Crippen LogP contribution is 2.44. The van der Waals surface area contributed by atoms with Gasteiger partial charge in [-0.15, -0.1) is 0 Å². The van der Waals surface area contributed by atoms with Gasteiger partial charge in [0.25, 0.3) is 5.56 Å². The monoisotopic (exact) mass is 726 g/mol. The zero-order valence-electron chi connectivity index (χ0n) is 30.9. The molecule has 0 atom stereocenters. The maximum atomic E-state index is 15.2. The van der Waals surface area contributed by atoms with Crippen LogP contribution in [-0.4, -0.2) is 9.38 Å². The Balaban J connectivity index is 1.24. The van der Waals surface area contributed by atoms with Crippen molar-refractivity contribution >= 4 is 38.2 Å². The highest BCUT2D eigenvalue weighted by atomic mass is 16.1. The maximum Gasteiger partial charge on any atom is 0.264 e. The van der Waals surface area contributed by atoms with Gasteiger partial charge in [0.1, 0.15) is 5.65 Å². The smallest absolute Gasteiger partial charge is 0.264 e. The van der Waals surface area contributed by atoms with Gasteiger partial charge in [0.2, 0.25) is 0 Å². The zero-order valence-corrected chi connectivity index (χ0v) is 30.9. The summed E-state index contributed by atoms with van der Waals surface area (Å²) in [5.41, 5.74) is 15.3. The van der Waals surface area contributed by atoms with Crippen LogP contribution in [0.3, 0.4) is 0 Å². The molecule has 0 saturated carbocycles. The molecule has 0 unspecified atom stereocenters. The van der Waals surface area contributed by atoms with Crippen LogP contribution in [-0.2, 0) is 0 Å². The van der Waals surface area contributed by atoms with E-state index in [2.05, 4.69) is 176 Å². The molecule has 11 rings (SSSR count). The van der Waals surface area contributed by atoms with Crippen molar-refractivity contribution in [2.75, 3.05) is 0 Å². The number of rotatable bonds is 6. The Bertz CT molecular complexity index is 3350. The molecule has 0 N–H and O–H groups in total. The summed E-state index contributed by atoms with van der Waals surface area (Å²) >= 11 is 0. The molecule has 0 spiro atoms. The number of fused-ring (bicyclic) bond motifs is 4. The normalized spacial score (nSPS) is 11.6. The van der Waals surface area contributed by atoms with Crippen LogP contribution in [0.5, 0.6) is 0 Å².